The Morgan fingerprint density at radius 3 is 2.75 bits per heavy atom. The first-order chi connectivity index (χ1) is 13.4. The summed E-state index contributed by atoms with van der Waals surface area (Å²) in [5.41, 5.74) is 1.72. The fourth-order valence-electron chi connectivity index (χ4n) is 3.00. The molecule has 0 aliphatic heterocycles. The minimum Gasteiger partial charge on any atom is -0.491 e. The van der Waals surface area contributed by atoms with Crippen LogP contribution in [0, 0.1) is 11.7 Å². The molecule has 2 rings (SSSR count). The normalized spacial score (nSPS) is 11.1. The van der Waals surface area contributed by atoms with Crippen LogP contribution in [-0.4, -0.2) is 22.3 Å². The first kappa shape index (κ1) is 21.9. The number of ether oxygens (including phenoxy) is 1. The molecule has 0 unspecified atom stereocenters. The molecule has 0 saturated heterocycles. The van der Waals surface area contributed by atoms with Crippen molar-refractivity contribution in [2.45, 2.75) is 59.4 Å². The van der Waals surface area contributed by atoms with Gasteiger partial charge in [-0.1, -0.05) is 52.2 Å². The standard InChI is InChI=1S/C22H32FN3O2/c1-5-18-14-19(26(4)25-18)22(27)24-15-17-11-9-12-20(21(17)23)28-13-8-6-7-10-16(2)3/h9,11-12,14,16H,5-8,10,13,15H2,1-4H3,(H,24,27). The van der Waals surface area contributed by atoms with E-state index in [0.29, 0.717) is 23.8 Å². The highest BCUT2D eigenvalue weighted by molar-refractivity contribution is 5.92. The summed E-state index contributed by atoms with van der Waals surface area (Å²) in [5, 5.41) is 7.02. The lowest BCUT2D eigenvalue weighted by molar-refractivity contribution is 0.0941. The summed E-state index contributed by atoms with van der Waals surface area (Å²) in [6.07, 6.45) is 5.13. The molecule has 0 atom stereocenters. The van der Waals surface area contributed by atoms with Gasteiger partial charge in [-0.25, -0.2) is 4.39 Å². The molecule has 1 aromatic carbocycles. The zero-order valence-electron chi connectivity index (χ0n) is 17.4. The Bertz CT molecular complexity index is 771. The van der Waals surface area contributed by atoms with E-state index in [0.717, 1.165) is 25.0 Å². The van der Waals surface area contributed by atoms with Gasteiger partial charge in [0.2, 0.25) is 0 Å². The SMILES string of the molecule is CCc1cc(C(=O)NCc2cccc(OCCCCCC(C)C)c2F)n(C)n1. The maximum atomic E-state index is 14.7. The number of amides is 1. The van der Waals surface area contributed by atoms with Crippen LogP contribution in [0.3, 0.4) is 0 Å². The van der Waals surface area contributed by atoms with Crippen molar-refractivity contribution in [3.8, 4) is 5.75 Å². The molecule has 1 heterocycles. The molecule has 28 heavy (non-hydrogen) atoms. The second-order valence-electron chi connectivity index (χ2n) is 7.50. The van der Waals surface area contributed by atoms with Crippen molar-refractivity contribution in [2.24, 2.45) is 13.0 Å². The molecule has 0 aliphatic carbocycles. The highest BCUT2D eigenvalue weighted by Gasteiger charge is 2.14. The Labute approximate surface area is 167 Å². The van der Waals surface area contributed by atoms with Gasteiger partial charge in [-0.05, 0) is 30.9 Å². The summed E-state index contributed by atoms with van der Waals surface area (Å²) < 4.78 is 21.8. The van der Waals surface area contributed by atoms with E-state index < -0.39 is 5.82 Å². The number of carbonyl (C=O) groups excluding carboxylic acids is 1. The predicted molar refractivity (Wildman–Crippen MR) is 109 cm³/mol. The van der Waals surface area contributed by atoms with Gasteiger partial charge in [0.1, 0.15) is 5.69 Å². The average molecular weight is 390 g/mol. The number of carbonyl (C=O) groups is 1. The molecule has 1 N–H and O–H groups in total. The smallest absolute Gasteiger partial charge is 0.269 e. The maximum Gasteiger partial charge on any atom is 0.269 e. The van der Waals surface area contributed by atoms with E-state index in [-0.39, 0.29) is 18.2 Å². The van der Waals surface area contributed by atoms with Crippen LogP contribution >= 0.6 is 0 Å². The Hall–Kier alpha value is -2.37. The van der Waals surface area contributed by atoms with E-state index in [4.69, 9.17) is 4.74 Å². The summed E-state index contributed by atoms with van der Waals surface area (Å²) in [5.74, 6) is 0.268. The summed E-state index contributed by atoms with van der Waals surface area (Å²) in [6.45, 7) is 7.01. The summed E-state index contributed by atoms with van der Waals surface area (Å²) in [7, 11) is 1.73. The van der Waals surface area contributed by atoms with Gasteiger partial charge in [0, 0.05) is 19.2 Å². The number of benzene rings is 1. The number of aromatic nitrogens is 2. The van der Waals surface area contributed by atoms with Crippen LogP contribution in [0.2, 0.25) is 0 Å². The second kappa shape index (κ2) is 10.8. The van der Waals surface area contributed by atoms with Crippen molar-refractivity contribution in [1.29, 1.82) is 0 Å². The molecular weight excluding hydrogens is 357 g/mol. The highest BCUT2D eigenvalue weighted by Crippen LogP contribution is 2.21. The average Bonchev–Trinajstić information content (AvgIpc) is 3.05. The summed E-state index contributed by atoms with van der Waals surface area (Å²) in [6, 6.07) is 6.79. The topological polar surface area (TPSA) is 56.1 Å². The summed E-state index contributed by atoms with van der Waals surface area (Å²) >= 11 is 0. The van der Waals surface area contributed by atoms with Gasteiger partial charge < -0.3 is 10.1 Å². The quantitative estimate of drug-likeness (QED) is 0.569. The van der Waals surface area contributed by atoms with Crippen molar-refractivity contribution in [2.75, 3.05) is 6.61 Å². The van der Waals surface area contributed by atoms with E-state index in [9.17, 15) is 9.18 Å². The van der Waals surface area contributed by atoms with E-state index in [2.05, 4.69) is 24.3 Å². The number of hydrogen-bond acceptors (Lipinski definition) is 3. The Balaban J connectivity index is 1.86. The van der Waals surface area contributed by atoms with Crippen LogP contribution in [0.25, 0.3) is 0 Å². The van der Waals surface area contributed by atoms with Crippen molar-refractivity contribution in [3.63, 3.8) is 0 Å². The van der Waals surface area contributed by atoms with Crippen LogP contribution in [0.1, 0.15) is 68.2 Å². The molecule has 2 aromatic rings. The van der Waals surface area contributed by atoms with Gasteiger partial charge in [0.05, 0.1) is 12.3 Å². The zero-order valence-corrected chi connectivity index (χ0v) is 17.4. The van der Waals surface area contributed by atoms with Gasteiger partial charge in [-0.15, -0.1) is 0 Å². The predicted octanol–water partition coefficient (Wildman–Crippen LogP) is 4.65. The molecule has 5 nitrogen and oxygen atoms in total. The molecule has 6 heteroatoms. The lowest BCUT2D eigenvalue weighted by Gasteiger charge is -2.11. The van der Waals surface area contributed by atoms with Crippen LogP contribution in [0.4, 0.5) is 4.39 Å². The molecule has 0 fully saturated rings. The lowest BCUT2D eigenvalue weighted by atomic mass is 10.1. The van der Waals surface area contributed by atoms with Crippen LogP contribution in [0.5, 0.6) is 5.75 Å². The van der Waals surface area contributed by atoms with E-state index in [1.807, 2.05) is 6.92 Å². The van der Waals surface area contributed by atoms with Gasteiger partial charge in [-0.2, -0.15) is 5.10 Å². The van der Waals surface area contributed by atoms with Crippen molar-refractivity contribution >= 4 is 5.91 Å². The van der Waals surface area contributed by atoms with Gasteiger partial charge in [-0.3, -0.25) is 9.48 Å². The number of rotatable bonds is 11. The van der Waals surface area contributed by atoms with E-state index in [1.165, 1.54) is 12.8 Å². The Morgan fingerprint density at radius 2 is 2.07 bits per heavy atom. The van der Waals surface area contributed by atoms with Crippen molar-refractivity contribution in [1.82, 2.24) is 15.1 Å². The lowest BCUT2D eigenvalue weighted by Crippen LogP contribution is -2.25. The molecule has 0 saturated carbocycles. The third kappa shape index (κ3) is 6.36. The number of halogens is 1. The molecule has 0 radical (unpaired) electrons. The molecule has 0 aliphatic rings. The summed E-state index contributed by atoms with van der Waals surface area (Å²) in [4.78, 5) is 12.4. The van der Waals surface area contributed by atoms with Gasteiger partial charge in [0.25, 0.3) is 5.91 Å². The van der Waals surface area contributed by atoms with Gasteiger partial charge in [0.15, 0.2) is 11.6 Å². The molecule has 0 bridgehead atoms. The van der Waals surface area contributed by atoms with Crippen molar-refractivity contribution in [3.05, 3.63) is 47.0 Å². The number of nitrogens with one attached hydrogen (secondary N) is 1. The minimum absolute atomic E-state index is 0.100. The third-order valence-electron chi connectivity index (χ3n) is 4.69. The van der Waals surface area contributed by atoms with Crippen LogP contribution < -0.4 is 10.1 Å². The molecule has 154 valence electrons. The second-order valence-corrected chi connectivity index (χ2v) is 7.50. The van der Waals surface area contributed by atoms with E-state index in [1.54, 1.807) is 36.0 Å². The largest absolute Gasteiger partial charge is 0.491 e. The third-order valence-corrected chi connectivity index (χ3v) is 4.69. The molecule has 1 amide bonds. The fraction of sp³-hybridized carbons (Fsp3) is 0.545. The van der Waals surface area contributed by atoms with Crippen molar-refractivity contribution < 1.29 is 13.9 Å². The minimum atomic E-state index is -0.413. The Morgan fingerprint density at radius 1 is 1.29 bits per heavy atom. The fourth-order valence-corrected chi connectivity index (χ4v) is 3.00. The maximum absolute atomic E-state index is 14.7. The number of aryl methyl sites for hydroxylation is 2. The Kier molecular flexibility index (Phi) is 8.48. The monoisotopic (exact) mass is 389 g/mol. The zero-order chi connectivity index (χ0) is 20.5. The number of unbranched alkanes of at least 4 members (excludes halogenated alkanes) is 2. The molecular formula is C22H32FN3O2. The molecule has 1 aromatic heterocycles. The first-order valence-corrected chi connectivity index (χ1v) is 10.1. The number of nitrogens with zero attached hydrogens (tertiary/aromatic N) is 2. The highest BCUT2D eigenvalue weighted by atomic mass is 19.1. The number of hydrogen-bond donors (Lipinski definition) is 1. The van der Waals surface area contributed by atoms with Crippen LogP contribution in [0.15, 0.2) is 24.3 Å². The van der Waals surface area contributed by atoms with Crippen LogP contribution in [-0.2, 0) is 20.0 Å². The van der Waals surface area contributed by atoms with Gasteiger partial charge >= 0.3 is 0 Å². The first-order valence-electron chi connectivity index (χ1n) is 10.1. The van der Waals surface area contributed by atoms with E-state index >= 15 is 0 Å². The molecule has 0 spiro atoms.